The van der Waals surface area contributed by atoms with Crippen molar-refractivity contribution < 1.29 is 14.4 Å². The average molecular weight is 425 g/mol. The lowest BCUT2D eigenvalue weighted by molar-refractivity contribution is -0.136. The largest absolute Gasteiger partial charge is 0.322 e. The van der Waals surface area contributed by atoms with Gasteiger partial charge in [-0.15, -0.1) is 0 Å². The van der Waals surface area contributed by atoms with Gasteiger partial charge < -0.3 is 15.5 Å². The van der Waals surface area contributed by atoms with Crippen molar-refractivity contribution in [1.29, 1.82) is 0 Å². The van der Waals surface area contributed by atoms with E-state index < -0.39 is 6.04 Å². The molecule has 1 aromatic carbocycles. The number of benzene rings is 1. The number of hydrogen-bond acceptors (Lipinski definition) is 5. The standard InChI is InChI=1S/C24H32N4O3/c29-21-7-6-20(22(30)27-21)28-14-17-12-16(4-5-19(17)23(28)31)13-26-15-24(18-2-1-3-18)8-10-25-11-9-24/h4-5,12,18,20,25-26H,1-3,6-11,13-15H2,(H,27,29,30). The van der Waals surface area contributed by atoms with E-state index >= 15 is 0 Å². The first-order valence-corrected chi connectivity index (χ1v) is 11.7. The van der Waals surface area contributed by atoms with Gasteiger partial charge in [0.2, 0.25) is 11.8 Å². The van der Waals surface area contributed by atoms with Gasteiger partial charge in [-0.25, -0.2) is 0 Å². The van der Waals surface area contributed by atoms with Crippen molar-refractivity contribution in [3.8, 4) is 0 Å². The van der Waals surface area contributed by atoms with Gasteiger partial charge in [0, 0.05) is 31.6 Å². The summed E-state index contributed by atoms with van der Waals surface area (Å²) in [6.45, 7) is 4.52. The lowest BCUT2D eigenvalue weighted by atomic mass is 9.61. The number of nitrogens with one attached hydrogen (secondary N) is 3. The number of fused-ring (bicyclic) bond motifs is 1. The SMILES string of the molecule is O=C1CCC(N2Cc3cc(CNCC4(C5CCC5)CCNCC4)ccc3C2=O)C(=O)N1. The van der Waals surface area contributed by atoms with Crippen LogP contribution in [0, 0.1) is 11.3 Å². The monoisotopic (exact) mass is 424 g/mol. The third kappa shape index (κ3) is 3.89. The van der Waals surface area contributed by atoms with Crippen LogP contribution in [0.1, 0.15) is 66.4 Å². The van der Waals surface area contributed by atoms with Crippen LogP contribution >= 0.6 is 0 Å². The third-order valence-corrected chi connectivity index (χ3v) is 7.96. The number of carbonyl (C=O) groups is 3. The smallest absolute Gasteiger partial charge is 0.255 e. The zero-order chi connectivity index (χ0) is 21.4. The van der Waals surface area contributed by atoms with Crippen LogP contribution in [0.2, 0.25) is 0 Å². The van der Waals surface area contributed by atoms with Crippen molar-refractivity contribution in [2.75, 3.05) is 19.6 Å². The first kappa shape index (κ1) is 20.6. The zero-order valence-electron chi connectivity index (χ0n) is 18.0. The summed E-state index contributed by atoms with van der Waals surface area (Å²) in [6.07, 6.45) is 7.31. The van der Waals surface area contributed by atoms with Crippen molar-refractivity contribution in [3.05, 3.63) is 34.9 Å². The first-order valence-electron chi connectivity index (χ1n) is 11.7. The molecule has 7 nitrogen and oxygen atoms in total. The number of piperidine rings is 2. The number of hydrogen-bond donors (Lipinski definition) is 3. The Balaban J connectivity index is 1.22. The molecule has 2 saturated heterocycles. The molecule has 3 heterocycles. The van der Waals surface area contributed by atoms with Crippen molar-refractivity contribution >= 4 is 17.7 Å². The number of rotatable bonds is 6. The van der Waals surface area contributed by atoms with Crippen molar-refractivity contribution in [2.45, 2.75) is 64.1 Å². The Kier molecular flexibility index (Phi) is 5.56. The molecule has 7 heteroatoms. The highest BCUT2D eigenvalue weighted by Crippen LogP contribution is 2.47. The van der Waals surface area contributed by atoms with Crippen LogP contribution in [-0.4, -0.2) is 48.3 Å². The summed E-state index contributed by atoms with van der Waals surface area (Å²) in [5, 5.41) is 9.59. The van der Waals surface area contributed by atoms with Gasteiger partial charge in [0.1, 0.15) is 6.04 Å². The van der Waals surface area contributed by atoms with Crippen LogP contribution in [0.3, 0.4) is 0 Å². The summed E-state index contributed by atoms with van der Waals surface area (Å²) < 4.78 is 0. The fourth-order valence-corrected chi connectivity index (χ4v) is 5.87. The van der Waals surface area contributed by atoms with Gasteiger partial charge in [0.05, 0.1) is 0 Å². The van der Waals surface area contributed by atoms with E-state index in [0.717, 1.165) is 37.7 Å². The quantitative estimate of drug-likeness (QED) is 0.605. The molecule has 31 heavy (non-hydrogen) atoms. The van der Waals surface area contributed by atoms with Gasteiger partial charge in [-0.1, -0.05) is 18.6 Å². The van der Waals surface area contributed by atoms with Crippen LogP contribution in [0.5, 0.6) is 0 Å². The van der Waals surface area contributed by atoms with Crippen LogP contribution in [0.4, 0.5) is 0 Å². The second-order valence-corrected chi connectivity index (χ2v) is 9.74. The molecule has 3 fully saturated rings. The van der Waals surface area contributed by atoms with Gasteiger partial charge in [-0.3, -0.25) is 19.7 Å². The average Bonchev–Trinajstić information content (AvgIpc) is 3.03. The van der Waals surface area contributed by atoms with Gasteiger partial charge in [-0.05, 0) is 73.7 Å². The summed E-state index contributed by atoms with van der Waals surface area (Å²) >= 11 is 0. The van der Waals surface area contributed by atoms with E-state index in [-0.39, 0.29) is 24.1 Å². The predicted octanol–water partition coefficient (Wildman–Crippen LogP) is 1.71. The van der Waals surface area contributed by atoms with E-state index in [4.69, 9.17) is 0 Å². The molecule has 1 saturated carbocycles. The number of nitrogens with zero attached hydrogens (tertiary/aromatic N) is 1. The third-order valence-electron chi connectivity index (χ3n) is 7.96. The second-order valence-electron chi connectivity index (χ2n) is 9.74. The Morgan fingerprint density at radius 3 is 2.61 bits per heavy atom. The molecule has 3 aliphatic heterocycles. The molecule has 3 amide bonds. The first-order chi connectivity index (χ1) is 15.1. The van der Waals surface area contributed by atoms with Crippen molar-refractivity contribution in [3.63, 3.8) is 0 Å². The van der Waals surface area contributed by atoms with E-state index in [1.165, 1.54) is 37.7 Å². The molecule has 0 aromatic heterocycles. The normalized spacial score (nSPS) is 25.9. The number of carbonyl (C=O) groups excluding carboxylic acids is 3. The van der Waals surface area contributed by atoms with Gasteiger partial charge >= 0.3 is 0 Å². The number of amides is 3. The van der Waals surface area contributed by atoms with E-state index in [0.29, 0.717) is 23.9 Å². The molecule has 3 N–H and O–H groups in total. The molecule has 1 aliphatic carbocycles. The highest BCUT2D eigenvalue weighted by molar-refractivity contribution is 6.05. The summed E-state index contributed by atoms with van der Waals surface area (Å²) in [5.74, 6) is 0.138. The molecule has 5 rings (SSSR count). The highest BCUT2D eigenvalue weighted by Gasteiger charge is 2.42. The molecule has 4 aliphatic rings. The minimum atomic E-state index is -0.554. The van der Waals surface area contributed by atoms with Crippen molar-refractivity contribution in [2.24, 2.45) is 11.3 Å². The zero-order valence-corrected chi connectivity index (χ0v) is 18.0. The van der Waals surface area contributed by atoms with E-state index in [9.17, 15) is 14.4 Å². The van der Waals surface area contributed by atoms with E-state index in [2.05, 4.69) is 22.0 Å². The lowest BCUT2D eigenvalue weighted by Gasteiger charge is -2.48. The maximum atomic E-state index is 12.9. The molecular weight excluding hydrogens is 392 g/mol. The van der Waals surface area contributed by atoms with E-state index in [1.807, 2.05) is 12.1 Å². The Hall–Kier alpha value is -2.25. The minimum Gasteiger partial charge on any atom is -0.322 e. The maximum absolute atomic E-state index is 12.9. The van der Waals surface area contributed by atoms with Crippen molar-refractivity contribution in [1.82, 2.24) is 20.9 Å². The molecule has 0 bridgehead atoms. The molecule has 1 aromatic rings. The van der Waals surface area contributed by atoms with Gasteiger partial charge in [0.25, 0.3) is 5.91 Å². The molecule has 1 atom stereocenters. The molecule has 1 unspecified atom stereocenters. The Morgan fingerprint density at radius 1 is 1.10 bits per heavy atom. The fourth-order valence-electron chi connectivity index (χ4n) is 5.87. The Morgan fingerprint density at radius 2 is 1.90 bits per heavy atom. The van der Waals surface area contributed by atoms with E-state index in [1.54, 1.807) is 4.90 Å². The minimum absolute atomic E-state index is 0.109. The Bertz CT molecular complexity index is 889. The summed E-state index contributed by atoms with van der Waals surface area (Å²) in [6, 6.07) is 5.47. The molecular formula is C24H32N4O3. The Labute approximate surface area is 183 Å². The fraction of sp³-hybridized carbons (Fsp3) is 0.625. The number of imide groups is 1. The second kappa shape index (κ2) is 8.36. The van der Waals surface area contributed by atoms with Gasteiger partial charge in [0.15, 0.2) is 0 Å². The van der Waals surface area contributed by atoms with Crippen LogP contribution in [-0.2, 0) is 22.7 Å². The van der Waals surface area contributed by atoms with Crippen LogP contribution < -0.4 is 16.0 Å². The molecule has 0 spiro atoms. The highest BCUT2D eigenvalue weighted by atomic mass is 16.2. The topological polar surface area (TPSA) is 90.5 Å². The van der Waals surface area contributed by atoms with Crippen LogP contribution in [0.25, 0.3) is 0 Å². The van der Waals surface area contributed by atoms with Gasteiger partial charge in [-0.2, -0.15) is 0 Å². The summed E-state index contributed by atoms with van der Waals surface area (Å²) in [7, 11) is 0. The molecule has 0 radical (unpaired) electrons. The predicted molar refractivity (Wildman–Crippen MR) is 116 cm³/mol. The van der Waals surface area contributed by atoms with Crippen LogP contribution in [0.15, 0.2) is 18.2 Å². The molecule has 166 valence electrons. The lowest BCUT2D eigenvalue weighted by Crippen LogP contribution is -2.52. The maximum Gasteiger partial charge on any atom is 0.255 e. The summed E-state index contributed by atoms with van der Waals surface area (Å²) in [5.41, 5.74) is 3.26. The summed E-state index contributed by atoms with van der Waals surface area (Å²) in [4.78, 5) is 38.1.